The molecule has 1 saturated heterocycles. The van der Waals surface area contributed by atoms with Crippen molar-refractivity contribution >= 4 is 29.0 Å². The monoisotopic (exact) mass is 390 g/mol. The number of aromatic nitrogens is 1. The second kappa shape index (κ2) is 7.78. The highest BCUT2D eigenvalue weighted by Gasteiger charge is 2.35. The second-order valence-corrected chi connectivity index (χ2v) is 7.25. The number of carbonyl (C=O) groups is 2. The molecule has 2 aromatic carbocycles. The number of benzene rings is 2. The van der Waals surface area contributed by atoms with Crippen molar-refractivity contribution in [2.75, 3.05) is 7.11 Å². The molecule has 2 amide bonds. The predicted molar refractivity (Wildman–Crippen MR) is 110 cm³/mol. The van der Waals surface area contributed by atoms with Gasteiger partial charge in [0.25, 0.3) is 11.1 Å². The zero-order valence-electron chi connectivity index (χ0n) is 15.2. The van der Waals surface area contributed by atoms with Crippen LogP contribution in [-0.2, 0) is 11.3 Å². The van der Waals surface area contributed by atoms with Crippen LogP contribution in [0.5, 0.6) is 5.75 Å². The first-order valence-corrected chi connectivity index (χ1v) is 9.58. The van der Waals surface area contributed by atoms with E-state index in [0.717, 1.165) is 34.5 Å². The third-order valence-electron chi connectivity index (χ3n) is 4.47. The average Bonchev–Trinajstić information content (AvgIpc) is 3.29. The first kappa shape index (κ1) is 18.1. The van der Waals surface area contributed by atoms with E-state index in [1.54, 1.807) is 13.2 Å². The van der Waals surface area contributed by atoms with Gasteiger partial charge < -0.3 is 9.30 Å². The van der Waals surface area contributed by atoms with Crippen molar-refractivity contribution in [3.8, 4) is 11.4 Å². The lowest BCUT2D eigenvalue weighted by atomic mass is 10.2. The molecule has 0 spiro atoms. The zero-order chi connectivity index (χ0) is 19.5. The summed E-state index contributed by atoms with van der Waals surface area (Å²) >= 11 is 0.974. The molecule has 0 saturated carbocycles. The van der Waals surface area contributed by atoms with Crippen LogP contribution < -0.4 is 4.74 Å². The van der Waals surface area contributed by atoms with Crippen molar-refractivity contribution in [3.05, 3.63) is 89.1 Å². The smallest absolute Gasteiger partial charge is 0.293 e. The fraction of sp³-hybridized carbons (Fsp3) is 0.0909. The number of hydrogen-bond acceptors (Lipinski definition) is 4. The molecule has 3 aromatic rings. The third kappa shape index (κ3) is 3.59. The highest BCUT2D eigenvalue weighted by atomic mass is 32.2. The molecular weight excluding hydrogens is 372 g/mol. The van der Waals surface area contributed by atoms with E-state index in [1.807, 2.05) is 77.5 Å². The Labute approximate surface area is 167 Å². The summed E-state index contributed by atoms with van der Waals surface area (Å²) in [7, 11) is 1.63. The minimum atomic E-state index is -0.263. The summed E-state index contributed by atoms with van der Waals surface area (Å²) in [6.45, 7) is 0.280. The Morgan fingerprint density at radius 2 is 1.71 bits per heavy atom. The van der Waals surface area contributed by atoms with E-state index >= 15 is 0 Å². The fourth-order valence-corrected chi connectivity index (χ4v) is 3.85. The number of thioether (sulfide) groups is 1. The summed E-state index contributed by atoms with van der Waals surface area (Å²) in [4.78, 5) is 26.8. The molecule has 1 aliphatic rings. The first-order chi connectivity index (χ1) is 13.7. The van der Waals surface area contributed by atoms with Gasteiger partial charge in [0.1, 0.15) is 5.75 Å². The third-order valence-corrected chi connectivity index (χ3v) is 5.37. The molecule has 28 heavy (non-hydrogen) atoms. The van der Waals surface area contributed by atoms with Gasteiger partial charge in [-0.05, 0) is 59.8 Å². The number of nitrogens with zero attached hydrogens (tertiary/aromatic N) is 2. The van der Waals surface area contributed by atoms with Gasteiger partial charge in [-0.15, -0.1) is 0 Å². The molecule has 0 unspecified atom stereocenters. The number of imide groups is 1. The molecule has 0 bridgehead atoms. The van der Waals surface area contributed by atoms with Crippen molar-refractivity contribution in [3.63, 3.8) is 0 Å². The molecule has 1 fully saturated rings. The SMILES string of the molecule is COc1ccc(-n2cccc2C=C2SC(=O)N(Cc3ccccc3)C2=O)cc1. The topological polar surface area (TPSA) is 51.5 Å². The highest BCUT2D eigenvalue weighted by Crippen LogP contribution is 2.33. The van der Waals surface area contributed by atoms with Crippen molar-refractivity contribution < 1.29 is 14.3 Å². The number of methoxy groups -OCH3 is 1. The Hall–Kier alpha value is -3.25. The number of amides is 2. The van der Waals surface area contributed by atoms with Crippen molar-refractivity contribution in [1.82, 2.24) is 9.47 Å². The standard InChI is InChI=1S/C22H18N2O3S/c1-27-19-11-9-17(10-12-19)23-13-5-8-18(23)14-20-21(25)24(22(26)28-20)15-16-6-3-2-4-7-16/h2-14H,15H2,1H3. The Morgan fingerprint density at radius 3 is 2.43 bits per heavy atom. The zero-order valence-corrected chi connectivity index (χ0v) is 16.1. The van der Waals surface area contributed by atoms with E-state index in [1.165, 1.54) is 4.90 Å². The van der Waals surface area contributed by atoms with Crippen molar-refractivity contribution in [2.45, 2.75) is 6.54 Å². The maximum Gasteiger partial charge on any atom is 0.293 e. The fourth-order valence-electron chi connectivity index (χ4n) is 3.03. The van der Waals surface area contributed by atoms with E-state index in [-0.39, 0.29) is 17.7 Å². The van der Waals surface area contributed by atoms with Gasteiger partial charge in [0.15, 0.2) is 0 Å². The van der Waals surface area contributed by atoms with Crippen LogP contribution in [0.2, 0.25) is 0 Å². The van der Waals surface area contributed by atoms with Crippen LogP contribution in [0.15, 0.2) is 77.8 Å². The summed E-state index contributed by atoms with van der Waals surface area (Å²) in [5.41, 5.74) is 2.70. The van der Waals surface area contributed by atoms with Gasteiger partial charge in [0, 0.05) is 17.6 Å². The Balaban J connectivity index is 1.59. The number of carbonyl (C=O) groups excluding carboxylic acids is 2. The van der Waals surface area contributed by atoms with Gasteiger partial charge >= 0.3 is 0 Å². The minimum Gasteiger partial charge on any atom is -0.497 e. The molecule has 140 valence electrons. The van der Waals surface area contributed by atoms with Gasteiger partial charge in [-0.25, -0.2) is 0 Å². The largest absolute Gasteiger partial charge is 0.497 e. The summed E-state index contributed by atoms with van der Waals surface area (Å²) < 4.78 is 7.16. The maximum atomic E-state index is 12.8. The van der Waals surface area contributed by atoms with E-state index in [0.29, 0.717) is 4.91 Å². The summed E-state index contributed by atoms with van der Waals surface area (Å²) in [5.74, 6) is 0.515. The molecule has 1 aromatic heterocycles. The minimum absolute atomic E-state index is 0.248. The first-order valence-electron chi connectivity index (χ1n) is 8.77. The van der Waals surface area contributed by atoms with E-state index < -0.39 is 0 Å². The molecule has 2 heterocycles. The Bertz CT molecular complexity index is 1040. The molecule has 4 rings (SSSR count). The van der Waals surface area contributed by atoms with Gasteiger partial charge in [0.05, 0.1) is 18.6 Å². The summed E-state index contributed by atoms with van der Waals surface area (Å²) in [5, 5.41) is -0.248. The van der Waals surface area contributed by atoms with Gasteiger partial charge in [-0.3, -0.25) is 14.5 Å². The van der Waals surface area contributed by atoms with Crippen LogP contribution in [-0.4, -0.2) is 27.7 Å². The van der Waals surface area contributed by atoms with Gasteiger partial charge in [-0.2, -0.15) is 0 Å². The van der Waals surface area contributed by atoms with Crippen LogP contribution >= 0.6 is 11.8 Å². The lowest BCUT2D eigenvalue weighted by Gasteiger charge is -2.12. The summed E-state index contributed by atoms with van der Waals surface area (Å²) in [6, 6.07) is 21.0. The van der Waals surface area contributed by atoms with Crippen LogP contribution in [0.25, 0.3) is 11.8 Å². The number of hydrogen-bond donors (Lipinski definition) is 0. The average molecular weight is 390 g/mol. The van der Waals surface area contributed by atoms with Gasteiger partial charge in [0.2, 0.25) is 0 Å². The van der Waals surface area contributed by atoms with Gasteiger partial charge in [-0.1, -0.05) is 30.3 Å². The van der Waals surface area contributed by atoms with Crippen LogP contribution in [0.4, 0.5) is 4.79 Å². The maximum absolute atomic E-state index is 12.8. The van der Waals surface area contributed by atoms with Crippen LogP contribution in [0.3, 0.4) is 0 Å². The molecule has 1 aliphatic heterocycles. The quantitative estimate of drug-likeness (QED) is 0.592. The Morgan fingerprint density at radius 1 is 0.964 bits per heavy atom. The molecular formula is C22H18N2O3S. The highest BCUT2D eigenvalue weighted by molar-refractivity contribution is 8.18. The molecule has 5 nitrogen and oxygen atoms in total. The van der Waals surface area contributed by atoms with Crippen LogP contribution in [0, 0.1) is 0 Å². The van der Waals surface area contributed by atoms with E-state index in [9.17, 15) is 9.59 Å². The lowest BCUT2D eigenvalue weighted by Crippen LogP contribution is -2.27. The second-order valence-electron chi connectivity index (χ2n) is 6.25. The summed E-state index contributed by atoms with van der Waals surface area (Å²) in [6.07, 6.45) is 3.68. The number of rotatable bonds is 5. The molecule has 0 N–H and O–H groups in total. The Kier molecular flexibility index (Phi) is 5.04. The van der Waals surface area contributed by atoms with Crippen molar-refractivity contribution in [2.24, 2.45) is 0 Å². The van der Waals surface area contributed by atoms with Crippen molar-refractivity contribution in [1.29, 1.82) is 0 Å². The molecule has 0 atom stereocenters. The van der Waals surface area contributed by atoms with E-state index in [2.05, 4.69) is 0 Å². The lowest BCUT2D eigenvalue weighted by molar-refractivity contribution is -0.123. The molecule has 6 heteroatoms. The molecule has 0 radical (unpaired) electrons. The number of ether oxygens (including phenoxy) is 1. The van der Waals surface area contributed by atoms with E-state index in [4.69, 9.17) is 4.74 Å². The molecule has 0 aliphatic carbocycles. The van der Waals surface area contributed by atoms with Crippen LogP contribution in [0.1, 0.15) is 11.3 Å². The normalized spacial score (nSPS) is 15.5. The predicted octanol–water partition coefficient (Wildman–Crippen LogP) is 4.72.